The molecule has 164 valence electrons. The summed E-state index contributed by atoms with van der Waals surface area (Å²) in [5.41, 5.74) is 0. The molecule has 0 spiro atoms. The van der Waals surface area contributed by atoms with E-state index >= 15 is 0 Å². The largest absolute Gasteiger partial charge is 0.378 e. The number of aromatic nitrogens is 2. The topological polar surface area (TPSA) is 77.9 Å². The van der Waals surface area contributed by atoms with Crippen molar-refractivity contribution >= 4 is 11.9 Å². The SMILES string of the molecule is CCOC(CCNC(=NC)NCCCN1CCN(c2ncccn2)CC1)C(C)C. The van der Waals surface area contributed by atoms with Gasteiger partial charge in [-0.25, -0.2) is 9.97 Å². The van der Waals surface area contributed by atoms with Crippen LogP contribution in [0.1, 0.15) is 33.6 Å². The number of anilines is 1. The summed E-state index contributed by atoms with van der Waals surface area (Å²) in [5.74, 6) is 2.24. The predicted molar refractivity (Wildman–Crippen MR) is 120 cm³/mol. The molecule has 1 aliphatic rings. The van der Waals surface area contributed by atoms with Gasteiger partial charge in [0.2, 0.25) is 5.95 Å². The van der Waals surface area contributed by atoms with Crippen LogP contribution in [0.25, 0.3) is 0 Å². The zero-order chi connectivity index (χ0) is 20.9. The van der Waals surface area contributed by atoms with E-state index in [1.54, 1.807) is 12.4 Å². The van der Waals surface area contributed by atoms with Crippen molar-refractivity contribution < 1.29 is 4.74 Å². The number of rotatable bonds is 11. The van der Waals surface area contributed by atoms with E-state index in [1.807, 2.05) is 13.1 Å². The lowest BCUT2D eigenvalue weighted by Crippen LogP contribution is -2.47. The predicted octanol–water partition coefficient (Wildman–Crippen LogP) is 1.60. The van der Waals surface area contributed by atoms with Crippen LogP contribution in [-0.4, -0.2) is 86.4 Å². The summed E-state index contributed by atoms with van der Waals surface area (Å²) in [6.45, 7) is 14.2. The quantitative estimate of drug-likeness (QED) is 0.329. The Morgan fingerprint density at radius 1 is 1.14 bits per heavy atom. The second kappa shape index (κ2) is 13.3. The Bertz CT molecular complexity index is 574. The molecule has 0 amide bonds. The summed E-state index contributed by atoms with van der Waals surface area (Å²) >= 11 is 0. The van der Waals surface area contributed by atoms with Crippen LogP contribution in [0.2, 0.25) is 0 Å². The molecule has 0 saturated carbocycles. The molecular weight excluding hydrogens is 366 g/mol. The minimum atomic E-state index is 0.297. The molecular formula is C21H39N7O. The van der Waals surface area contributed by atoms with Crippen LogP contribution in [0, 0.1) is 5.92 Å². The van der Waals surface area contributed by atoms with Crippen LogP contribution in [0.3, 0.4) is 0 Å². The maximum Gasteiger partial charge on any atom is 0.225 e. The zero-order valence-electron chi connectivity index (χ0n) is 18.6. The molecule has 0 bridgehead atoms. The minimum absolute atomic E-state index is 0.297. The fourth-order valence-corrected chi connectivity index (χ4v) is 3.51. The summed E-state index contributed by atoms with van der Waals surface area (Å²) in [7, 11) is 1.82. The fourth-order valence-electron chi connectivity index (χ4n) is 3.51. The normalized spacial score (nSPS) is 16.9. The van der Waals surface area contributed by atoms with Gasteiger partial charge in [0.25, 0.3) is 0 Å². The van der Waals surface area contributed by atoms with Gasteiger partial charge in [-0.05, 0) is 38.3 Å². The first kappa shape index (κ1) is 23.3. The van der Waals surface area contributed by atoms with E-state index in [2.05, 4.69) is 56.2 Å². The number of hydrogen-bond acceptors (Lipinski definition) is 6. The highest BCUT2D eigenvalue weighted by Crippen LogP contribution is 2.10. The van der Waals surface area contributed by atoms with Gasteiger partial charge in [-0.2, -0.15) is 0 Å². The highest BCUT2D eigenvalue weighted by molar-refractivity contribution is 5.79. The lowest BCUT2D eigenvalue weighted by Gasteiger charge is -2.34. The molecule has 1 saturated heterocycles. The molecule has 1 aromatic rings. The molecule has 2 N–H and O–H groups in total. The van der Waals surface area contributed by atoms with Crippen LogP contribution >= 0.6 is 0 Å². The van der Waals surface area contributed by atoms with E-state index < -0.39 is 0 Å². The minimum Gasteiger partial charge on any atom is -0.378 e. The number of piperazine rings is 1. The molecule has 2 rings (SSSR count). The number of nitrogens with zero attached hydrogens (tertiary/aromatic N) is 5. The van der Waals surface area contributed by atoms with Gasteiger partial charge in [0, 0.05) is 65.3 Å². The summed E-state index contributed by atoms with van der Waals surface area (Å²) in [6, 6.07) is 1.86. The van der Waals surface area contributed by atoms with Gasteiger partial charge in [-0.1, -0.05) is 13.8 Å². The molecule has 2 heterocycles. The molecule has 8 heteroatoms. The molecule has 1 atom stereocenters. The zero-order valence-corrected chi connectivity index (χ0v) is 18.6. The third-order valence-electron chi connectivity index (χ3n) is 5.22. The van der Waals surface area contributed by atoms with Crippen LogP contribution in [-0.2, 0) is 4.74 Å². The number of guanidine groups is 1. The lowest BCUT2D eigenvalue weighted by atomic mass is 10.0. The molecule has 1 aliphatic heterocycles. The number of hydrogen-bond donors (Lipinski definition) is 2. The van der Waals surface area contributed by atoms with Gasteiger partial charge in [0.1, 0.15) is 0 Å². The van der Waals surface area contributed by atoms with Crippen LogP contribution in [0.5, 0.6) is 0 Å². The average Bonchev–Trinajstić information content (AvgIpc) is 2.75. The maximum atomic E-state index is 5.80. The van der Waals surface area contributed by atoms with Gasteiger partial charge >= 0.3 is 0 Å². The van der Waals surface area contributed by atoms with Crippen molar-refractivity contribution in [3.63, 3.8) is 0 Å². The van der Waals surface area contributed by atoms with Crippen LogP contribution in [0.4, 0.5) is 5.95 Å². The first-order chi connectivity index (χ1) is 14.1. The van der Waals surface area contributed by atoms with E-state index in [1.165, 1.54) is 0 Å². The first-order valence-electron chi connectivity index (χ1n) is 10.9. The summed E-state index contributed by atoms with van der Waals surface area (Å²) < 4.78 is 5.80. The molecule has 29 heavy (non-hydrogen) atoms. The Labute approximate surface area is 176 Å². The fraction of sp³-hybridized carbons (Fsp3) is 0.762. The standard InChI is InChI=1S/C21H39N7O/c1-5-29-19(18(2)3)8-12-24-20(22-4)23-11-7-13-27-14-16-28(17-15-27)21-25-9-6-10-26-21/h6,9-10,18-19H,5,7-8,11-17H2,1-4H3,(H2,22,23,24). The second-order valence-electron chi connectivity index (χ2n) is 7.68. The third-order valence-corrected chi connectivity index (χ3v) is 5.22. The lowest BCUT2D eigenvalue weighted by molar-refractivity contribution is 0.0258. The van der Waals surface area contributed by atoms with Gasteiger partial charge in [0.05, 0.1) is 6.10 Å². The van der Waals surface area contributed by atoms with Crippen molar-refractivity contribution in [2.75, 3.05) is 64.4 Å². The van der Waals surface area contributed by atoms with Gasteiger partial charge in [-0.15, -0.1) is 0 Å². The molecule has 8 nitrogen and oxygen atoms in total. The molecule has 0 aromatic carbocycles. The van der Waals surface area contributed by atoms with Crippen molar-refractivity contribution in [3.05, 3.63) is 18.5 Å². The van der Waals surface area contributed by atoms with Crippen LogP contribution < -0.4 is 15.5 Å². The number of ether oxygens (including phenoxy) is 1. The van der Waals surface area contributed by atoms with Crippen molar-refractivity contribution in [1.29, 1.82) is 0 Å². The number of aliphatic imine (C=N–C) groups is 1. The third kappa shape index (κ3) is 8.53. The van der Waals surface area contributed by atoms with Gasteiger partial charge in [-0.3, -0.25) is 9.89 Å². The Morgan fingerprint density at radius 2 is 1.83 bits per heavy atom. The van der Waals surface area contributed by atoms with Crippen LogP contribution in [0.15, 0.2) is 23.5 Å². The Balaban J connectivity index is 1.57. The summed E-state index contributed by atoms with van der Waals surface area (Å²) in [5, 5.41) is 6.82. The van der Waals surface area contributed by atoms with Gasteiger partial charge in [0.15, 0.2) is 5.96 Å². The van der Waals surface area contributed by atoms with Crippen molar-refractivity contribution in [3.8, 4) is 0 Å². The maximum absolute atomic E-state index is 5.80. The van der Waals surface area contributed by atoms with E-state index in [0.29, 0.717) is 12.0 Å². The van der Waals surface area contributed by atoms with Gasteiger partial charge < -0.3 is 20.3 Å². The Hall–Kier alpha value is -1.93. The first-order valence-corrected chi connectivity index (χ1v) is 10.9. The highest BCUT2D eigenvalue weighted by Gasteiger charge is 2.18. The molecule has 1 unspecified atom stereocenters. The van der Waals surface area contributed by atoms with Crippen molar-refractivity contribution in [2.45, 2.75) is 39.7 Å². The Kier molecular flexibility index (Phi) is 10.7. The van der Waals surface area contributed by atoms with E-state index in [0.717, 1.165) is 77.2 Å². The molecule has 1 aromatic heterocycles. The summed E-state index contributed by atoms with van der Waals surface area (Å²) in [6.07, 6.45) is 5.99. The highest BCUT2D eigenvalue weighted by atomic mass is 16.5. The summed E-state index contributed by atoms with van der Waals surface area (Å²) in [4.78, 5) is 17.8. The second-order valence-corrected chi connectivity index (χ2v) is 7.68. The Morgan fingerprint density at radius 3 is 2.45 bits per heavy atom. The molecule has 0 radical (unpaired) electrons. The van der Waals surface area contributed by atoms with E-state index in [9.17, 15) is 0 Å². The molecule has 0 aliphatic carbocycles. The average molecular weight is 406 g/mol. The number of nitrogens with one attached hydrogen (secondary N) is 2. The smallest absolute Gasteiger partial charge is 0.225 e. The van der Waals surface area contributed by atoms with Crippen molar-refractivity contribution in [2.24, 2.45) is 10.9 Å². The monoisotopic (exact) mass is 405 g/mol. The molecule has 1 fully saturated rings. The van der Waals surface area contributed by atoms with E-state index in [-0.39, 0.29) is 0 Å². The van der Waals surface area contributed by atoms with E-state index in [4.69, 9.17) is 4.74 Å². The van der Waals surface area contributed by atoms with Crippen molar-refractivity contribution in [1.82, 2.24) is 25.5 Å².